The molecule has 0 aromatic heterocycles. The van der Waals surface area contributed by atoms with E-state index in [1.54, 1.807) is 57.4 Å². The molecule has 2 aromatic rings. The van der Waals surface area contributed by atoms with Gasteiger partial charge in [0, 0.05) is 25.3 Å². The molecule has 2 aromatic carbocycles. The van der Waals surface area contributed by atoms with Gasteiger partial charge in [0.05, 0.1) is 0 Å². The van der Waals surface area contributed by atoms with Crippen molar-refractivity contribution in [2.45, 2.75) is 19.4 Å². The van der Waals surface area contributed by atoms with Gasteiger partial charge < -0.3 is 15.5 Å². The molecule has 1 fully saturated rings. The van der Waals surface area contributed by atoms with E-state index in [0.717, 1.165) is 10.5 Å². The summed E-state index contributed by atoms with van der Waals surface area (Å²) in [6, 6.07) is 13.1. The van der Waals surface area contributed by atoms with Crippen molar-refractivity contribution in [1.82, 2.24) is 15.1 Å². The molecule has 0 aliphatic carbocycles. The highest BCUT2D eigenvalue weighted by Crippen LogP contribution is 2.29. The first-order valence-corrected chi connectivity index (χ1v) is 9.44. The molecule has 0 saturated carbocycles. The summed E-state index contributed by atoms with van der Waals surface area (Å²) in [5.41, 5.74) is 1.41. The molecule has 30 heavy (non-hydrogen) atoms. The SMILES string of the molecule is Cc1ccc([C@]2(C)NC(=O)N(CC(=O)Nc3ccc(C(=O)N(C)C)cc3)C2=O)cc1. The van der Waals surface area contributed by atoms with E-state index in [1.165, 1.54) is 4.90 Å². The number of anilines is 1. The van der Waals surface area contributed by atoms with E-state index in [9.17, 15) is 19.2 Å². The highest BCUT2D eigenvalue weighted by Gasteiger charge is 2.49. The molecular formula is C22H24N4O4. The maximum Gasteiger partial charge on any atom is 0.325 e. The Hall–Kier alpha value is -3.68. The molecule has 0 radical (unpaired) electrons. The highest BCUT2D eigenvalue weighted by atomic mass is 16.2. The Morgan fingerprint density at radius 2 is 1.63 bits per heavy atom. The Morgan fingerprint density at radius 1 is 1.03 bits per heavy atom. The summed E-state index contributed by atoms with van der Waals surface area (Å²) in [7, 11) is 3.31. The molecule has 2 N–H and O–H groups in total. The average molecular weight is 408 g/mol. The second-order valence-electron chi connectivity index (χ2n) is 7.64. The number of benzene rings is 2. The second kappa shape index (κ2) is 7.98. The van der Waals surface area contributed by atoms with E-state index in [-0.39, 0.29) is 5.91 Å². The number of amides is 5. The third-order valence-corrected chi connectivity index (χ3v) is 5.03. The topological polar surface area (TPSA) is 98.8 Å². The van der Waals surface area contributed by atoms with Crippen LogP contribution in [0.25, 0.3) is 0 Å². The first-order valence-electron chi connectivity index (χ1n) is 9.44. The van der Waals surface area contributed by atoms with Gasteiger partial charge in [-0.25, -0.2) is 4.79 Å². The molecule has 0 unspecified atom stereocenters. The maximum absolute atomic E-state index is 12.9. The van der Waals surface area contributed by atoms with Crippen LogP contribution in [0, 0.1) is 6.92 Å². The molecule has 0 spiro atoms. The van der Waals surface area contributed by atoms with Crippen LogP contribution in [-0.2, 0) is 15.1 Å². The fourth-order valence-electron chi connectivity index (χ4n) is 3.22. The molecule has 8 heteroatoms. The molecule has 3 rings (SSSR count). The minimum Gasteiger partial charge on any atom is -0.345 e. The smallest absolute Gasteiger partial charge is 0.325 e. The van der Waals surface area contributed by atoms with Crippen LogP contribution < -0.4 is 10.6 Å². The summed E-state index contributed by atoms with van der Waals surface area (Å²) >= 11 is 0. The molecule has 1 atom stereocenters. The van der Waals surface area contributed by atoms with Gasteiger partial charge in [-0.05, 0) is 43.7 Å². The third kappa shape index (κ3) is 4.03. The minimum atomic E-state index is -1.22. The number of hydrogen-bond donors (Lipinski definition) is 2. The Labute approximate surface area is 174 Å². The van der Waals surface area contributed by atoms with Crippen molar-refractivity contribution < 1.29 is 19.2 Å². The predicted octanol–water partition coefficient (Wildman–Crippen LogP) is 2.10. The number of nitrogens with zero attached hydrogens (tertiary/aromatic N) is 2. The highest BCUT2D eigenvalue weighted by molar-refractivity contribution is 6.10. The van der Waals surface area contributed by atoms with Crippen LogP contribution in [-0.4, -0.2) is 54.2 Å². The Morgan fingerprint density at radius 3 is 2.20 bits per heavy atom. The van der Waals surface area contributed by atoms with Gasteiger partial charge in [-0.2, -0.15) is 0 Å². The summed E-state index contributed by atoms with van der Waals surface area (Å²) in [5, 5.41) is 5.32. The summed E-state index contributed by atoms with van der Waals surface area (Å²) < 4.78 is 0. The number of carbonyl (C=O) groups is 4. The lowest BCUT2D eigenvalue weighted by atomic mass is 9.91. The lowest BCUT2D eigenvalue weighted by Gasteiger charge is -2.22. The van der Waals surface area contributed by atoms with Crippen LogP contribution in [0.1, 0.15) is 28.4 Å². The Bertz CT molecular complexity index is 999. The zero-order valence-electron chi connectivity index (χ0n) is 17.4. The molecule has 1 heterocycles. The molecule has 0 bridgehead atoms. The second-order valence-corrected chi connectivity index (χ2v) is 7.64. The number of aryl methyl sites for hydroxylation is 1. The van der Waals surface area contributed by atoms with Crippen molar-refractivity contribution in [2.75, 3.05) is 26.0 Å². The van der Waals surface area contributed by atoms with Gasteiger partial charge in [-0.15, -0.1) is 0 Å². The summed E-state index contributed by atoms with van der Waals surface area (Å²) in [6.07, 6.45) is 0. The van der Waals surface area contributed by atoms with Crippen molar-refractivity contribution in [1.29, 1.82) is 0 Å². The van der Waals surface area contributed by atoms with Crippen LogP contribution in [0.2, 0.25) is 0 Å². The fourth-order valence-corrected chi connectivity index (χ4v) is 3.22. The number of carbonyl (C=O) groups excluding carboxylic acids is 4. The number of hydrogen-bond acceptors (Lipinski definition) is 4. The lowest BCUT2D eigenvalue weighted by Crippen LogP contribution is -2.42. The van der Waals surface area contributed by atoms with E-state index >= 15 is 0 Å². The maximum atomic E-state index is 12.9. The fraction of sp³-hybridized carbons (Fsp3) is 0.273. The molecule has 5 amide bonds. The zero-order chi connectivity index (χ0) is 22.1. The molecule has 8 nitrogen and oxygen atoms in total. The van der Waals surface area contributed by atoms with Gasteiger partial charge in [0.2, 0.25) is 5.91 Å². The standard InChI is InChI=1S/C22H24N4O4/c1-14-5-9-16(10-6-14)22(2)20(29)26(21(30)24-22)13-18(27)23-17-11-7-15(8-12-17)19(28)25(3)4/h5-12H,13H2,1-4H3,(H,23,27)(H,24,30)/t22-/m0/s1. The lowest BCUT2D eigenvalue weighted by molar-refractivity contribution is -0.133. The Kier molecular flexibility index (Phi) is 5.60. The van der Waals surface area contributed by atoms with Gasteiger partial charge in [0.15, 0.2) is 0 Å². The van der Waals surface area contributed by atoms with Crippen LogP contribution in [0.5, 0.6) is 0 Å². The van der Waals surface area contributed by atoms with Crippen LogP contribution in [0.3, 0.4) is 0 Å². The Balaban J connectivity index is 1.68. The van der Waals surface area contributed by atoms with Crippen molar-refractivity contribution in [3.63, 3.8) is 0 Å². The van der Waals surface area contributed by atoms with Crippen molar-refractivity contribution in [3.05, 3.63) is 65.2 Å². The van der Waals surface area contributed by atoms with Crippen molar-refractivity contribution >= 4 is 29.4 Å². The van der Waals surface area contributed by atoms with E-state index < -0.39 is 29.9 Å². The van der Waals surface area contributed by atoms with Crippen molar-refractivity contribution in [3.8, 4) is 0 Å². The van der Waals surface area contributed by atoms with Gasteiger partial charge in [-0.1, -0.05) is 29.8 Å². The van der Waals surface area contributed by atoms with Crippen molar-refractivity contribution in [2.24, 2.45) is 0 Å². The van der Waals surface area contributed by atoms with E-state index in [2.05, 4.69) is 10.6 Å². The van der Waals surface area contributed by atoms with E-state index in [1.807, 2.05) is 19.1 Å². The summed E-state index contributed by atoms with van der Waals surface area (Å²) in [4.78, 5) is 52.0. The zero-order valence-corrected chi connectivity index (χ0v) is 17.4. The van der Waals surface area contributed by atoms with E-state index in [4.69, 9.17) is 0 Å². The monoisotopic (exact) mass is 408 g/mol. The largest absolute Gasteiger partial charge is 0.345 e. The normalized spacial score (nSPS) is 18.2. The van der Waals surface area contributed by atoms with Crippen LogP contribution in [0.15, 0.2) is 48.5 Å². The third-order valence-electron chi connectivity index (χ3n) is 5.03. The number of urea groups is 1. The molecule has 1 aliphatic heterocycles. The quantitative estimate of drug-likeness (QED) is 0.740. The first-order chi connectivity index (χ1) is 14.1. The number of nitrogens with one attached hydrogen (secondary N) is 2. The molecule has 156 valence electrons. The van der Waals surface area contributed by atoms with Gasteiger partial charge in [-0.3, -0.25) is 19.3 Å². The summed E-state index contributed by atoms with van der Waals surface area (Å²) in [6.45, 7) is 3.14. The minimum absolute atomic E-state index is 0.150. The number of rotatable bonds is 5. The van der Waals surface area contributed by atoms with Gasteiger partial charge >= 0.3 is 6.03 Å². The van der Waals surface area contributed by atoms with Crippen LogP contribution >= 0.6 is 0 Å². The number of imide groups is 1. The molecular weight excluding hydrogens is 384 g/mol. The molecule has 1 aliphatic rings. The predicted molar refractivity (Wildman–Crippen MR) is 112 cm³/mol. The average Bonchev–Trinajstić information content (AvgIpc) is 2.92. The summed E-state index contributed by atoms with van der Waals surface area (Å²) in [5.74, 6) is -1.15. The van der Waals surface area contributed by atoms with Crippen LogP contribution in [0.4, 0.5) is 10.5 Å². The van der Waals surface area contributed by atoms with Gasteiger partial charge in [0.25, 0.3) is 11.8 Å². The van der Waals surface area contributed by atoms with Gasteiger partial charge in [0.1, 0.15) is 12.1 Å². The molecule has 1 saturated heterocycles. The first kappa shape index (κ1) is 21.0. The van der Waals surface area contributed by atoms with E-state index in [0.29, 0.717) is 16.8 Å².